The lowest BCUT2D eigenvalue weighted by molar-refractivity contribution is -0.0498. The summed E-state index contributed by atoms with van der Waals surface area (Å²) >= 11 is 6.06. The van der Waals surface area contributed by atoms with Crippen molar-refractivity contribution in [3.8, 4) is 6.07 Å². The summed E-state index contributed by atoms with van der Waals surface area (Å²) in [5.74, 6) is 0. The van der Waals surface area contributed by atoms with Crippen LogP contribution in [-0.4, -0.2) is 29.7 Å². The lowest BCUT2D eigenvalue weighted by atomic mass is 9.60. The molecule has 1 saturated heterocycles. The Hall–Kier alpha value is -1.99. The molecule has 25 heavy (non-hydrogen) atoms. The SMILES string of the molecule is Cc1c(C=C2CC3(C2)CN(C(=O)OC(C)(C)C)C3)ccc(Cl)c1C#N. The van der Waals surface area contributed by atoms with Gasteiger partial charge in [0.05, 0.1) is 10.6 Å². The number of nitrogens with zero attached hydrogens (tertiary/aromatic N) is 2. The summed E-state index contributed by atoms with van der Waals surface area (Å²) in [4.78, 5) is 13.8. The normalized spacial score (nSPS) is 18.2. The summed E-state index contributed by atoms with van der Waals surface area (Å²) in [6.07, 6.45) is 3.93. The van der Waals surface area contributed by atoms with Crippen LogP contribution in [0, 0.1) is 23.7 Å². The first-order chi connectivity index (χ1) is 11.6. The van der Waals surface area contributed by atoms with Crippen molar-refractivity contribution in [2.45, 2.75) is 46.1 Å². The van der Waals surface area contributed by atoms with Crippen molar-refractivity contribution in [1.82, 2.24) is 4.90 Å². The summed E-state index contributed by atoms with van der Waals surface area (Å²) in [5, 5.41) is 9.72. The van der Waals surface area contributed by atoms with Gasteiger partial charge in [0.15, 0.2) is 0 Å². The summed E-state index contributed by atoms with van der Waals surface area (Å²) in [6, 6.07) is 5.91. The predicted octanol–water partition coefficient (Wildman–Crippen LogP) is 4.93. The molecule has 1 saturated carbocycles. The highest BCUT2D eigenvalue weighted by Crippen LogP contribution is 2.52. The number of halogens is 1. The van der Waals surface area contributed by atoms with Crippen LogP contribution in [0.2, 0.25) is 5.02 Å². The molecule has 1 spiro atoms. The lowest BCUT2D eigenvalue weighted by Crippen LogP contribution is -2.62. The summed E-state index contributed by atoms with van der Waals surface area (Å²) in [5.41, 5.74) is 3.65. The van der Waals surface area contributed by atoms with Gasteiger partial charge in [-0.1, -0.05) is 29.3 Å². The van der Waals surface area contributed by atoms with Gasteiger partial charge in [0.1, 0.15) is 11.7 Å². The first kappa shape index (κ1) is 17.8. The zero-order valence-electron chi connectivity index (χ0n) is 15.1. The van der Waals surface area contributed by atoms with E-state index in [1.807, 2.05) is 33.8 Å². The molecule has 3 rings (SSSR count). The van der Waals surface area contributed by atoms with Crippen LogP contribution in [-0.2, 0) is 4.74 Å². The van der Waals surface area contributed by atoms with Crippen LogP contribution in [0.4, 0.5) is 4.79 Å². The first-order valence-corrected chi connectivity index (χ1v) is 8.87. The fourth-order valence-electron chi connectivity index (χ4n) is 3.66. The molecule has 0 unspecified atom stereocenters. The zero-order valence-corrected chi connectivity index (χ0v) is 15.9. The van der Waals surface area contributed by atoms with Crippen molar-refractivity contribution in [1.29, 1.82) is 5.26 Å². The molecule has 0 radical (unpaired) electrons. The van der Waals surface area contributed by atoms with E-state index in [-0.39, 0.29) is 11.5 Å². The van der Waals surface area contributed by atoms with Crippen LogP contribution in [0.15, 0.2) is 17.7 Å². The maximum atomic E-state index is 12.0. The van der Waals surface area contributed by atoms with Crippen LogP contribution in [0.3, 0.4) is 0 Å². The molecule has 2 fully saturated rings. The molecule has 0 aromatic heterocycles. The summed E-state index contributed by atoms with van der Waals surface area (Å²) in [6.45, 7) is 9.11. The van der Waals surface area contributed by atoms with Gasteiger partial charge in [-0.15, -0.1) is 0 Å². The third kappa shape index (κ3) is 3.52. The fraction of sp³-hybridized carbons (Fsp3) is 0.500. The number of rotatable bonds is 1. The van der Waals surface area contributed by atoms with Crippen molar-refractivity contribution in [2.24, 2.45) is 5.41 Å². The van der Waals surface area contributed by atoms with Gasteiger partial charge in [-0.25, -0.2) is 4.79 Å². The summed E-state index contributed by atoms with van der Waals surface area (Å²) in [7, 11) is 0. The Morgan fingerprint density at radius 1 is 1.36 bits per heavy atom. The Bertz CT molecular complexity index is 783. The molecular weight excluding hydrogens is 336 g/mol. The third-order valence-electron chi connectivity index (χ3n) is 4.84. The molecule has 4 nitrogen and oxygen atoms in total. The Morgan fingerprint density at radius 2 is 2.00 bits per heavy atom. The van der Waals surface area contributed by atoms with Gasteiger partial charge in [-0.3, -0.25) is 0 Å². The second-order valence-corrected chi connectivity index (χ2v) is 8.65. The van der Waals surface area contributed by atoms with Gasteiger partial charge in [-0.05, 0) is 57.7 Å². The van der Waals surface area contributed by atoms with E-state index in [4.69, 9.17) is 16.3 Å². The highest BCUT2D eigenvalue weighted by molar-refractivity contribution is 6.31. The van der Waals surface area contributed by atoms with E-state index < -0.39 is 5.60 Å². The highest BCUT2D eigenvalue weighted by Gasteiger charge is 2.52. The predicted molar refractivity (Wildman–Crippen MR) is 98.4 cm³/mol. The van der Waals surface area contributed by atoms with E-state index in [9.17, 15) is 10.1 Å². The number of hydrogen-bond acceptors (Lipinski definition) is 3. The molecule has 1 aliphatic heterocycles. The minimum atomic E-state index is -0.449. The largest absolute Gasteiger partial charge is 0.444 e. The number of carbonyl (C=O) groups is 1. The number of nitriles is 1. The van der Waals surface area contributed by atoms with Gasteiger partial charge in [0, 0.05) is 18.5 Å². The van der Waals surface area contributed by atoms with Crippen molar-refractivity contribution in [2.75, 3.05) is 13.1 Å². The molecule has 0 N–H and O–H groups in total. The van der Waals surface area contributed by atoms with E-state index >= 15 is 0 Å². The van der Waals surface area contributed by atoms with E-state index in [1.54, 1.807) is 11.0 Å². The molecule has 0 bridgehead atoms. The number of benzene rings is 1. The van der Waals surface area contributed by atoms with E-state index in [2.05, 4.69) is 12.1 Å². The maximum Gasteiger partial charge on any atom is 0.410 e. The van der Waals surface area contributed by atoms with Crippen LogP contribution in [0.25, 0.3) is 6.08 Å². The summed E-state index contributed by atoms with van der Waals surface area (Å²) < 4.78 is 5.41. The topological polar surface area (TPSA) is 53.3 Å². The first-order valence-electron chi connectivity index (χ1n) is 8.49. The lowest BCUT2D eigenvalue weighted by Gasteiger charge is -2.56. The number of hydrogen-bond donors (Lipinski definition) is 0. The fourth-order valence-corrected chi connectivity index (χ4v) is 3.91. The average molecular weight is 359 g/mol. The van der Waals surface area contributed by atoms with Crippen molar-refractivity contribution >= 4 is 23.8 Å². The molecule has 5 heteroatoms. The Kier molecular flexibility index (Phi) is 4.33. The maximum absolute atomic E-state index is 12.0. The molecule has 1 aromatic carbocycles. The molecule has 1 aromatic rings. The minimum absolute atomic E-state index is 0.220. The third-order valence-corrected chi connectivity index (χ3v) is 5.15. The Labute approximate surface area is 154 Å². The quantitative estimate of drug-likeness (QED) is 0.714. The van der Waals surface area contributed by atoms with E-state index in [0.717, 1.165) is 37.1 Å². The monoisotopic (exact) mass is 358 g/mol. The standard InChI is InChI=1S/C20H23ClN2O2/c1-13-15(5-6-17(21)16(13)10-22)7-14-8-20(9-14)11-23(12-20)18(24)25-19(2,3)4/h5-7H,8-9,11-12H2,1-4H3. The highest BCUT2D eigenvalue weighted by atomic mass is 35.5. The second-order valence-electron chi connectivity index (χ2n) is 8.24. The number of likely N-dealkylation sites (tertiary alicyclic amines) is 1. The molecule has 132 valence electrons. The van der Waals surface area contributed by atoms with Crippen LogP contribution >= 0.6 is 11.6 Å². The van der Waals surface area contributed by atoms with E-state index in [1.165, 1.54) is 5.57 Å². The molecule has 1 heterocycles. The van der Waals surface area contributed by atoms with Crippen molar-refractivity contribution in [3.05, 3.63) is 39.4 Å². The Morgan fingerprint density at radius 3 is 2.56 bits per heavy atom. The molecular formula is C20H23ClN2O2. The smallest absolute Gasteiger partial charge is 0.410 e. The zero-order chi connectivity index (χ0) is 18.4. The molecule has 0 atom stereocenters. The van der Waals surface area contributed by atoms with Gasteiger partial charge >= 0.3 is 6.09 Å². The van der Waals surface area contributed by atoms with Crippen molar-refractivity contribution < 1.29 is 9.53 Å². The van der Waals surface area contributed by atoms with Crippen LogP contribution in [0.5, 0.6) is 0 Å². The number of carbonyl (C=O) groups excluding carboxylic acids is 1. The van der Waals surface area contributed by atoms with E-state index in [0.29, 0.717) is 10.6 Å². The molecule has 2 aliphatic rings. The van der Waals surface area contributed by atoms with Crippen LogP contribution < -0.4 is 0 Å². The second kappa shape index (κ2) is 6.07. The Balaban J connectivity index is 1.60. The molecule has 1 amide bonds. The molecule has 1 aliphatic carbocycles. The van der Waals surface area contributed by atoms with Gasteiger partial charge in [-0.2, -0.15) is 5.26 Å². The van der Waals surface area contributed by atoms with Crippen molar-refractivity contribution in [3.63, 3.8) is 0 Å². The number of ether oxygens (including phenoxy) is 1. The number of amides is 1. The van der Waals surface area contributed by atoms with Gasteiger partial charge in [0.25, 0.3) is 0 Å². The van der Waals surface area contributed by atoms with Crippen LogP contribution in [0.1, 0.15) is 50.3 Å². The van der Waals surface area contributed by atoms with Gasteiger partial charge in [0.2, 0.25) is 0 Å². The minimum Gasteiger partial charge on any atom is -0.444 e. The van der Waals surface area contributed by atoms with Gasteiger partial charge < -0.3 is 9.64 Å². The average Bonchev–Trinajstić information content (AvgIpc) is 2.40. The number of allylic oxidation sites excluding steroid dienone is 1.